The quantitative estimate of drug-likeness (QED) is 0.658. The van der Waals surface area contributed by atoms with Crippen LogP contribution in [-0.4, -0.2) is 33.6 Å². The topological polar surface area (TPSA) is 65.5 Å². The maximum atomic E-state index is 11.5. The Hall–Kier alpha value is -1.46. The van der Waals surface area contributed by atoms with E-state index in [-0.39, 0.29) is 0 Å². The molecule has 1 atom stereocenters. The van der Waals surface area contributed by atoms with Crippen molar-refractivity contribution in [3.05, 3.63) is 29.1 Å². The first-order valence-electron chi connectivity index (χ1n) is 7.87. The average molecular weight is 289 g/mol. The lowest BCUT2D eigenvalue weighted by Gasteiger charge is -2.40. The number of aromatic nitrogens is 1. The van der Waals surface area contributed by atoms with Gasteiger partial charge < -0.3 is 0 Å². The minimum Gasteiger partial charge on any atom is -0.295 e. The van der Waals surface area contributed by atoms with E-state index in [1.165, 1.54) is 19.3 Å². The molecule has 3 rings (SSSR count). The van der Waals surface area contributed by atoms with Crippen molar-refractivity contribution < 1.29 is 10.0 Å². The zero-order valence-corrected chi connectivity index (χ0v) is 12.5. The highest BCUT2D eigenvalue weighted by molar-refractivity contribution is 5.93. The molecule has 2 aliphatic rings. The van der Waals surface area contributed by atoms with Gasteiger partial charge in [0.15, 0.2) is 0 Å². The summed E-state index contributed by atoms with van der Waals surface area (Å²) in [5.74, 6) is 0.353. The molecule has 5 heteroatoms. The summed E-state index contributed by atoms with van der Waals surface area (Å²) in [6, 6.07) is 2.43. The molecule has 1 saturated carbocycles. The molecule has 1 amide bonds. The highest BCUT2D eigenvalue weighted by Gasteiger charge is 2.29. The van der Waals surface area contributed by atoms with Gasteiger partial charge in [-0.2, -0.15) is 0 Å². The van der Waals surface area contributed by atoms with Crippen LogP contribution in [0.15, 0.2) is 12.3 Å². The van der Waals surface area contributed by atoms with Gasteiger partial charge in [0.25, 0.3) is 5.91 Å². The van der Waals surface area contributed by atoms with Crippen LogP contribution >= 0.6 is 0 Å². The SMILES string of the molecule is CC[C@H]1Cc2ncc(C(=O)NO)cc2CN1CC1CCC1. The van der Waals surface area contributed by atoms with Gasteiger partial charge in [0.2, 0.25) is 0 Å². The van der Waals surface area contributed by atoms with Gasteiger partial charge in [0, 0.05) is 37.4 Å². The highest BCUT2D eigenvalue weighted by atomic mass is 16.5. The molecular formula is C16H23N3O2. The number of hydrogen-bond donors (Lipinski definition) is 2. The first-order valence-corrected chi connectivity index (χ1v) is 7.87. The van der Waals surface area contributed by atoms with E-state index in [2.05, 4.69) is 16.8 Å². The fourth-order valence-corrected chi connectivity index (χ4v) is 3.37. The van der Waals surface area contributed by atoms with Gasteiger partial charge in [-0.05, 0) is 36.8 Å². The number of carbonyl (C=O) groups is 1. The van der Waals surface area contributed by atoms with Crippen molar-refractivity contribution in [1.82, 2.24) is 15.4 Å². The number of pyridine rings is 1. The third kappa shape index (κ3) is 2.94. The summed E-state index contributed by atoms with van der Waals surface area (Å²) in [4.78, 5) is 18.5. The van der Waals surface area contributed by atoms with Crippen LogP contribution in [0.4, 0.5) is 0 Å². The largest absolute Gasteiger partial charge is 0.295 e. The van der Waals surface area contributed by atoms with E-state index >= 15 is 0 Å². The summed E-state index contributed by atoms with van der Waals surface area (Å²) < 4.78 is 0. The molecule has 2 N–H and O–H groups in total. The normalized spacial score (nSPS) is 22.5. The van der Waals surface area contributed by atoms with Gasteiger partial charge in [-0.1, -0.05) is 13.3 Å². The Bertz CT molecular complexity index is 528. The van der Waals surface area contributed by atoms with E-state index in [4.69, 9.17) is 5.21 Å². The van der Waals surface area contributed by atoms with Crippen molar-refractivity contribution >= 4 is 5.91 Å². The Morgan fingerprint density at radius 1 is 1.52 bits per heavy atom. The minimum absolute atomic E-state index is 0.426. The van der Waals surface area contributed by atoms with Crippen LogP contribution in [0.1, 0.15) is 54.2 Å². The molecule has 2 heterocycles. The standard InChI is InChI=1S/C16H23N3O2/c1-2-14-7-15-13(6-12(8-17-15)16(20)18-21)10-19(14)9-11-4-3-5-11/h6,8,11,14,21H,2-5,7,9-10H2,1H3,(H,18,20)/t14-/m0/s1. The highest BCUT2D eigenvalue weighted by Crippen LogP contribution is 2.31. The van der Waals surface area contributed by atoms with Gasteiger partial charge in [0.1, 0.15) is 0 Å². The Labute approximate surface area is 125 Å². The van der Waals surface area contributed by atoms with Crippen molar-refractivity contribution in [2.75, 3.05) is 6.54 Å². The first kappa shape index (κ1) is 14.5. The van der Waals surface area contributed by atoms with Gasteiger partial charge in [-0.15, -0.1) is 0 Å². The molecule has 0 saturated heterocycles. The maximum absolute atomic E-state index is 11.5. The average Bonchev–Trinajstić information content (AvgIpc) is 2.48. The second-order valence-corrected chi connectivity index (χ2v) is 6.26. The van der Waals surface area contributed by atoms with Gasteiger partial charge in [-0.3, -0.25) is 19.9 Å². The van der Waals surface area contributed by atoms with Crippen molar-refractivity contribution in [1.29, 1.82) is 0 Å². The van der Waals surface area contributed by atoms with Crippen LogP contribution < -0.4 is 5.48 Å². The Balaban J connectivity index is 1.79. The summed E-state index contributed by atoms with van der Waals surface area (Å²) in [7, 11) is 0. The van der Waals surface area contributed by atoms with Crippen molar-refractivity contribution in [3.8, 4) is 0 Å². The van der Waals surface area contributed by atoms with Gasteiger partial charge >= 0.3 is 0 Å². The lowest BCUT2D eigenvalue weighted by molar-refractivity contribution is 0.0705. The van der Waals surface area contributed by atoms with Crippen LogP contribution in [0.2, 0.25) is 0 Å². The molecule has 0 spiro atoms. The van der Waals surface area contributed by atoms with E-state index in [9.17, 15) is 4.79 Å². The minimum atomic E-state index is -0.492. The summed E-state index contributed by atoms with van der Waals surface area (Å²) in [5, 5.41) is 8.75. The molecule has 1 aliphatic heterocycles. The smallest absolute Gasteiger partial charge is 0.276 e. The summed E-state index contributed by atoms with van der Waals surface area (Å²) >= 11 is 0. The fraction of sp³-hybridized carbons (Fsp3) is 0.625. The third-order valence-corrected chi connectivity index (χ3v) is 4.93. The zero-order chi connectivity index (χ0) is 14.8. The molecule has 1 aromatic rings. The Morgan fingerprint density at radius 3 is 2.95 bits per heavy atom. The van der Waals surface area contributed by atoms with E-state index in [1.807, 2.05) is 6.07 Å². The second kappa shape index (κ2) is 6.12. The van der Waals surface area contributed by atoms with Gasteiger partial charge in [0.05, 0.1) is 5.56 Å². The molecule has 21 heavy (non-hydrogen) atoms. The zero-order valence-electron chi connectivity index (χ0n) is 12.5. The van der Waals surface area contributed by atoms with E-state index in [0.29, 0.717) is 11.6 Å². The Morgan fingerprint density at radius 2 is 2.33 bits per heavy atom. The predicted octanol–water partition coefficient (Wildman–Crippen LogP) is 2.14. The van der Waals surface area contributed by atoms with Crippen LogP contribution in [0, 0.1) is 5.92 Å². The molecule has 0 bridgehead atoms. The number of nitrogens with zero attached hydrogens (tertiary/aromatic N) is 2. The third-order valence-electron chi connectivity index (χ3n) is 4.93. The Kier molecular flexibility index (Phi) is 4.22. The molecular weight excluding hydrogens is 266 g/mol. The summed E-state index contributed by atoms with van der Waals surface area (Å²) in [6.07, 6.45) is 7.72. The molecule has 114 valence electrons. The van der Waals surface area contributed by atoms with E-state index in [1.54, 1.807) is 11.7 Å². The van der Waals surface area contributed by atoms with Crippen LogP contribution in [0.5, 0.6) is 0 Å². The number of hydroxylamine groups is 1. The number of rotatable bonds is 4. The number of carbonyl (C=O) groups excluding carboxylic acids is 1. The van der Waals surface area contributed by atoms with Crippen molar-refractivity contribution in [2.45, 2.75) is 51.6 Å². The number of hydrogen-bond acceptors (Lipinski definition) is 4. The van der Waals surface area contributed by atoms with Crippen LogP contribution in [-0.2, 0) is 13.0 Å². The van der Waals surface area contributed by atoms with E-state index in [0.717, 1.165) is 43.1 Å². The molecule has 5 nitrogen and oxygen atoms in total. The lowest BCUT2D eigenvalue weighted by atomic mass is 9.83. The number of nitrogens with one attached hydrogen (secondary N) is 1. The van der Waals surface area contributed by atoms with Crippen LogP contribution in [0.3, 0.4) is 0 Å². The molecule has 0 unspecified atom stereocenters. The maximum Gasteiger partial charge on any atom is 0.276 e. The monoisotopic (exact) mass is 289 g/mol. The van der Waals surface area contributed by atoms with Crippen LogP contribution in [0.25, 0.3) is 0 Å². The molecule has 1 fully saturated rings. The lowest BCUT2D eigenvalue weighted by Crippen LogP contribution is -2.44. The fourth-order valence-electron chi connectivity index (χ4n) is 3.37. The predicted molar refractivity (Wildman–Crippen MR) is 79.0 cm³/mol. The molecule has 0 radical (unpaired) electrons. The number of fused-ring (bicyclic) bond motifs is 1. The van der Waals surface area contributed by atoms with Crippen molar-refractivity contribution in [3.63, 3.8) is 0 Å². The number of amides is 1. The molecule has 1 aliphatic carbocycles. The molecule has 0 aromatic carbocycles. The summed E-state index contributed by atoms with van der Waals surface area (Å²) in [6.45, 7) is 4.26. The second-order valence-electron chi connectivity index (χ2n) is 6.26. The van der Waals surface area contributed by atoms with E-state index < -0.39 is 5.91 Å². The summed E-state index contributed by atoms with van der Waals surface area (Å²) in [5.41, 5.74) is 4.33. The van der Waals surface area contributed by atoms with Crippen molar-refractivity contribution in [2.24, 2.45) is 5.92 Å². The first-order chi connectivity index (χ1) is 10.2. The van der Waals surface area contributed by atoms with Gasteiger partial charge in [-0.25, -0.2) is 5.48 Å². The molecule has 1 aromatic heterocycles.